The smallest absolute Gasteiger partial charge is 0.0745 e. The van der Waals surface area contributed by atoms with Crippen LogP contribution < -0.4 is 5.32 Å². The summed E-state index contributed by atoms with van der Waals surface area (Å²) in [7, 11) is 0. The number of aliphatic hydroxyl groups excluding tert-OH is 1. The lowest BCUT2D eigenvalue weighted by atomic mass is 9.81. The lowest BCUT2D eigenvalue weighted by Crippen LogP contribution is -2.59. The summed E-state index contributed by atoms with van der Waals surface area (Å²) in [6, 6.07) is 0. The van der Waals surface area contributed by atoms with E-state index in [0.29, 0.717) is 6.61 Å². The van der Waals surface area contributed by atoms with E-state index < -0.39 is 0 Å². The Morgan fingerprint density at radius 3 is 2.13 bits per heavy atom. The molecule has 1 heterocycles. The van der Waals surface area contributed by atoms with Crippen LogP contribution in [-0.2, 0) is 4.74 Å². The molecular formula is C12H25NO2. The first-order valence-corrected chi connectivity index (χ1v) is 5.79. The van der Waals surface area contributed by atoms with E-state index in [-0.39, 0.29) is 23.3 Å². The second-order valence-corrected chi connectivity index (χ2v) is 6.11. The summed E-state index contributed by atoms with van der Waals surface area (Å²) in [6.07, 6.45) is 1.89. The molecule has 1 rings (SSSR count). The van der Waals surface area contributed by atoms with Gasteiger partial charge in [-0.3, -0.25) is 0 Å². The average Bonchev–Trinajstić information content (AvgIpc) is 1.94. The zero-order chi connectivity index (χ0) is 11.7. The van der Waals surface area contributed by atoms with Crippen LogP contribution in [0.15, 0.2) is 0 Å². The minimum Gasteiger partial charge on any atom is -0.391 e. The molecule has 3 nitrogen and oxygen atoms in total. The molecule has 0 aromatic rings. The van der Waals surface area contributed by atoms with Crippen molar-refractivity contribution in [1.82, 2.24) is 5.32 Å². The van der Waals surface area contributed by atoms with E-state index in [0.717, 1.165) is 12.8 Å². The van der Waals surface area contributed by atoms with Crippen molar-refractivity contribution in [3.8, 4) is 0 Å². The number of hydrogen-bond donors (Lipinski definition) is 2. The van der Waals surface area contributed by atoms with Gasteiger partial charge in [0.05, 0.1) is 18.8 Å². The standard InChI is InChI=1S/C12H25NO2/c1-9(14)8-15-10-6-11(2,3)13-12(4,5)7-10/h9-10,13-14H,6-8H2,1-5H3. The van der Waals surface area contributed by atoms with Crippen LogP contribution in [0.4, 0.5) is 0 Å². The van der Waals surface area contributed by atoms with Gasteiger partial charge in [0.25, 0.3) is 0 Å². The molecule has 1 saturated heterocycles. The van der Waals surface area contributed by atoms with Gasteiger partial charge in [0, 0.05) is 11.1 Å². The molecule has 3 heteroatoms. The number of ether oxygens (including phenoxy) is 1. The van der Waals surface area contributed by atoms with Crippen LogP contribution in [0, 0.1) is 0 Å². The van der Waals surface area contributed by atoms with E-state index in [9.17, 15) is 5.11 Å². The van der Waals surface area contributed by atoms with Gasteiger partial charge in [-0.15, -0.1) is 0 Å². The fourth-order valence-corrected chi connectivity index (χ4v) is 2.62. The van der Waals surface area contributed by atoms with E-state index in [1.807, 2.05) is 0 Å². The van der Waals surface area contributed by atoms with E-state index in [1.165, 1.54) is 0 Å². The fraction of sp³-hybridized carbons (Fsp3) is 1.00. The summed E-state index contributed by atoms with van der Waals surface area (Å²) in [5, 5.41) is 12.8. The summed E-state index contributed by atoms with van der Waals surface area (Å²) in [4.78, 5) is 0. The summed E-state index contributed by atoms with van der Waals surface area (Å²) >= 11 is 0. The number of nitrogens with one attached hydrogen (secondary N) is 1. The van der Waals surface area contributed by atoms with Crippen LogP contribution in [0.25, 0.3) is 0 Å². The molecule has 90 valence electrons. The Morgan fingerprint density at radius 1 is 1.27 bits per heavy atom. The molecule has 0 aromatic carbocycles. The van der Waals surface area contributed by atoms with Crippen LogP contribution in [-0.4, -0.2) is 35.0 Å². The Bertz CT molecular complexity index is 196. The number of rotatable bonds is 3. The zero-order valence-electron chi connectivity index (χ0n) is 10.6. The Hall–Kier alpha value is -0.120. The van der Waals surface area contributed by atoms with Gasteiger partial charge in [0.2, 0.25) is 0 Å². The molecule has 15 heavy (non-hydrogen) atoms. The van der Waals surface area contributed by atoms with Crippen molar-refractivity contribution in [1.29, 1.82) is 0 Å². The summed E-state index contributed by atoms with van der Waals surface area (Å²) in [5.74, 6) is 0. The quantitative estimate of drug-likeness (QED) is 0.753. The first kappa shape index (κ1) is 12.9. The van der Waals surface area contributed by atoms with Gasteiger partial charge < -0.3 is 15.2 Å². The van der Waals surface area contributed by atoms with Gasteiger partial charge in [0.15, 0.2) is 0 Å². The summed E-state index contributed by atoms with van der Waals surface area (Å²) < 4.78 is 5.73. The highest BCUT2D eigenvalue weighted by atomic mass is 16.5. The van der Waals surface area contributed by atoms with Crippen molar-refractivity contribution in [2.75, 3.05) is 6.61 Å². The Kier molecular flexibility index (Phi) is 3.80. The van der Waals surface area contributed by atoms with Crippen LogP contribution in [0.1, 0.15) is 47.5 Å². The zero-order valence-corrected chi connectivity index (χ0v) is 10.6. The third-order valence-corrected chi connectivity index (χ3v) is 2.73. The van der Waals surface area contributed by atoms with Crippen molar-refractivity contribution >= 4 is 0 Å². The molecule has 0 aliphatic carbocycles. The summed E-state index contributed by atoms with van der Waals surface area (Å²) in [5.41, 5.74) is 0.232. The van der Waals surface area contributed by atoms with Crippen LogP contribution in [0.2, 0.25) is 0 Å². The molecule has 1 aliphatic heterocycles. The number of piperidine rings is 1. The highest BCUT2D eigenvalue weighted by Crippen LogP contribution is 2.30. The highest BCUT2D eigenvalue weighted by Gasteiger charge is 2.38. The SMILES string of the molecule is CC(O)COC1CC(C)(C)NC(C)(C)C1. The second kappa shape index (κ2) is 4.40. The largest absolute Gasteiger partial charge is 0.391 e. The average molecular weight is 215 g/mol. The third kappa shape index (κ3) is 4.49. The molecule has 1 unspecified atom stereocenters. The first-order chi connectivity index (χ1) is 6.70. The van der Waals surface area contributed by atoms with Crippen molar-refractivity contribution in [3.05, 3.63) is 0 Å². The normalized spacial score (nSPS) is 27.6. The van der Waals surface area contributed by atoms with Crippen LogP contribution >= 0.6 is 0 Å². The predicted octanol–water partition coefficient (Wildman–Crippen LogP) is 1.69. The molecule has 1 fully saturated rings. The van der Waals surface area contributed by atoms with E-state index in [2.05, 4.69) is 33.0 Å². The summed E-state index contributed by atoms with van der Waals surface area (Å²) in [6.45, 7) is 11.0. The van der Waals surface area contributed by atoms with Crippen molar-refractivity contribution in [3.63, 3.8) is 0 Å². The van der Waals surface area contributed by atoms with Crippen LogP contribution in [0.5, 0.6) is 0 Å². The Balaban J connectivity index is 2.52. The molecule has 2 N–H and O–H groups in total. The molecule has 1 atom stereocenters. The van der Waals surface area contributed by atoms with Crippen molar-refractivity contribution in [2.24, 2.45) is 0 Å². The maximum Gasteiger partial charge on any atom is 0.0745 e. The number of hydrogen-bond acceptors (Lipinski definition) is 3. The van der Waals surface area contributed by atoms with Crippen LogP contribution in [0.3, 0.4) is 0 Å². The first-order valence-electron chi connectivity index (χ1n) is 5.79. The van der Waals surface area contributed by atoms with E-state index >= 15 is 0 Å². The molecule has 0 saturated carbocycles. The molecule has 0 amide bonds. The van der Waals surface area contributed by atoms with Gasteiger partial charge in [-0.2, -0.15) is 0 Å². The minimum absolute atomic E-state index is 0.116. The molecule has 0 radical (unpaired) electrons. The number of aliphatic hydroxyl groups is 1. The van der Waals surface area contributed by atoms with Gasteiger partial charge >= 0.3 is 0 Å². The molecule has 1 aliphatic rings. The van der Waals surface area contributed by atoms with Crippen molar-refractivity contribution < 1.29 is 9.84 Å². The fourth-order valence-electron chi connectivity index (χ4n) is 2.62. The molecule has 0 bridgehead atoms. The van der Waals surface area contributed by atoms with Crippen molar-refractivity contribution in [2.45, 2.75) is 70.7 Å². The van der Waals surface area contributed by atoms with Gasteiger partial charge in [-0.05, 0) is 47.5 Å². The minimum atomic E-state index is -0.369. The molecular weight excluding hydrogens is 190 g/mol. The second-order valence-electron chi connectivity index (χ2n) is 6.11. The van der Waals surface area contributed by atoms with E-state index in [4.69, 9.17) is 4.74 Å². The van der Waals surface area contributed by atoms with E-state index in [1.54, 1.807) is 6.92 Å². The Morgan fingerprint density at radius 2 is 1.73 bits per heavy atom. The van der Waals surface area contributed by atoms with Gasteiger partial charge in [-0.25, -0.2) is 0 Å². The van der Waals surface area contributed by atoms with Gasteiger partial charge in [0.1, 0.15) is 0 Å². The maximum atomic E-state index is 9.20. The third-order valence-electron chi connectivity index (χ3n) is 2.73. The molecule has 0 spiro atoms. The lowest BCUT2D eigenvalue weighted by molar-refractivity contribution is -0.0506. The lowest BCUT2D eigenvalue weighted by Gasteiger charge is -2.46. The maximum absolute atomic E-state index is 9.20. The highest BCUT2D eigenvalue weighted by molar-refractivity contribution is 4.97. The Labute approximate surface area is 93.2 Å². The monoisotopic (exact) mass is 215 g/mol. The topological polar surface area (TPSA) is 41.5 Å². The van der Waals surface area contributed by atoms with Gasteiger partial charge in [-0.1, -0.05) is 0 Å². The predicted molar refractivity (Wildman–Crippen MR) is 61.9 cm³/mol. The molecule has 0 aromatic heterocycles.